The monoisotopic (exact) mass is 370 g/mol. The molecule has 1 N–H and O–H groups in total. The topological polar surface area (TPSA) is 43.3 Å². The predicted molar refractivity (Wildman–Crippen MR) is 107 cm³/mol. The summed E-state index contributed by atoms with van der Waals surface area (Å²) in [5, 5.41) is 4.54. The van der Waals surface area contributed by atoms with Gasteiger partial charge in [0.1, 0.15) is 5.60 Å². The average molecular weight is 371 g/mol. The van der Waals surface area contributed by atoms with E-state index >= 15 is 0 Å². The van der Waals surface area contributed by atoms with Crippen LogP contribution < -0.4 is 5.32 Å². The Morgan fingerprint density at radius 1 is 1.12 bits per heavy atom. The van der Waals surface area contributed by atoms with E-state index in [9.17, 15) is 4.79 Å². The Kier molecular flexibility index (Phi) is 4.97. The molecule has 3 aromatic rings. The molecule has 1 heterocycles. The summed E-state index contributed by atoms with van der Waals surface area (Å²) in [6.07, 6.45) is 1.58. The third-order valence-electron chi connectivity index (χ3n) is 4.17. The lowest BCUT2D eigenvalue weighted by molar-refractivity contribution is 0.0636. The van der Waals surface area contributed by atoms with Crippen molar-refractivity contribution in [2.24, 2.45) is 0 Å². The lowest BCUT2D eigenvalue weighted by Crippen LogP contribution is -2.27. The van der Waals surface area contributed by atoms with Gasteiger partial charge in [0.15, 0.2) is 0 Å². The molecule has 136 valence electrons. The number of hydrogen-bond donors (Lipinski definition) is 1. The van der Waals surface area contributed by atoms with Crippen LogP contribution in [0.3, 0.4) is 0 Å². The van der Waals surface area contributed by atoms with E-state index in [0.29, 0.717) is 0 Å². The molecule has 2 aromatic carbocycles. The Morgan fingerprint density at radius 3 is 2.46 bits per heavy atom. The Labute approximate surface area is 158 Å². The molecule has 4 nitrogen and oxygen atoms in total. The minimum absolute atomic E-state index is 0.140. The van der Waals surface area contributed by atoms with Crippen LogP contribution in [0.2, 0.25) is 5.02 Å². The largest absolute Gasteiger partial charge is 0.444 e. The summed E-state index contributed by atoms with van der Waals surface area (Å²) in [5.41, 5.74) is 2.41. The van der Waals surface area contributed by atoms with Crippen LogP contribution in [0, 0.1) is 0 Å². The molecule has 0 radical (unpaired) electrons. The summed E-state index contributed by atoms with van der Waals surface area (Å²) < 4.78 is 7.54. The Balaban J connectivity index is 1.91. The van der Waals surface area contributed by atoms with E-state index < -0.39 is 11.7 Å². The molecule has 26 heavy (non-hydrogen) atoms. The zero-order valence-corrected chi connectivity index (χ0v) is 16.2. The van der Waals surface area contributed by atoms with Crippen LogP contribution in [-0.2, 0) is 4.74 Å². The standard InChI is InChI=1S/C21H23ClN2O2/c1-14(15-8-10-16(22)11-9-15)24-13-12-17-18(6-5-7-19(17)24)23-20(25)26-21(2,3)4/h5-14H,1-4H3,(H,23,25). The van der Waals surface area contributed by atoms with Crippen LogP contribution in [0.1, 0.15) is 39.3 Å². The summed E-state index contributed by atoms with van der Waals surface area (Å²) in [5.74, 6) is 0. The molecule has 5 heteroatoms. The fourth-order valence-corrected chi connectivity index (χ4v) is 3.08. The highest BCUT2D eigenvalue weighted by Gasteiger charge is 2.18. The Morgan fingerprint density at radius 2 is 1.81 bits per heavy atom. The zero-order chi connectivity index (χ0) is 18.9. The summed E-state index contributed by atoms with van der Waals surface area (Å²) in [6.45, 7) is 7.67. The number of aromatic nitrogens is 1. The van der Waals surface area contributed by atoms with Crippen molar-refractivity contribution in [2.75, 3.05) is 5.32 Å². The van der Waals surface area contributed by atoms with Crippen LogP contribution in [0.5, 0.6) is 0 Å². The molecule has 0 aliphatic carbocycles. The number of anilines is 1. The summed E-state index contributed by atoms with van der Waals surface area (Å²) in [7, 11) is 0. The van der Waals surface area contributed by atoms with Gasteiger partial charge < -0.3 is 9.30 Å². The third-order valence-corrected chi connectivity index (χ3v) is 4.42. The lowest BCUT2D eigenvalue weighted by Gasteiger charge is -2.20. The van der Waals surface area contributed by atoms with Gasteiger partial charge in [-0.3, -0.25) is 5.32 Å². The molecule has 1 unspecified atom stereocenters. The molecular weight excluding hydrogens is 348 g/mol. The molecule has 0 bridgehead atoms. The van der Waals surface area contributed by atoms with E-state index in [-0.39, 0.29) is 6.04 Å². The van der Waals surface area contributed by atoms with Crippen LogP contribution in [-0.4, -0.2) is 16.3 Å². The maximum atomic E-state index is 12.1. The van der Waals surface area contributed by atoms with Gasteiger partial charge in [-0.2, -0.15) is 0 Å². The van der Waals surface area contributed by atoms with Crippen molar-refractivity contribution in [3.63, 3.8) is 0 Å². The van der Waals surface area contributed by atoms with E-state index in [1.807, 2.05) is 75.5 Å². The number of nitrogens with one attached hydrogen (secondary N) is 1. The number of carbonyl (C=O) groups excluding carboxylic acids is 1. The van der Waals surface area contributed by atoms with Crippen LogP contribution >= 0.6 is 11.6 Å². The summed E-state index contributed by atoms with van der Waals surface area (Å²) in [6, 6.07) is 15.9. The van der Waals surface area contributed by atoms with Gasteiger partial charge >= 0.3 is 6.09 Å². The van der Waals surface area contributed by atoms with Crippen molar-refractivity contribution >= 4 is 34.3 Å². The molecule has 1 atom stereocenters. The van der Waals surface area contributed by atoms with Crippen molar-refractivity contribution in [1.82, 2.24) is 4.57 Å². The molecule has 3 rings (SSSR count). The molecule has 0 fully saturated rings. The van der Waals surface area contributed by atoms with Crippen molar-refractivity contribution < 1.29 is 9.53 Å². The van der Waals surface area contributed by atoms with Gasteiger partial charge in [-0.05, 0) is 63.6 Å². The number of fused-ring (bicyclic) bond motifs is 1. The van der Waals surface area contributed by atoms with Crippen molar-refractivity contribution in [3.05, 3.63) is 65.3 Å². The minimum Gasteiger partial charge on any atom is -0.444 e. The molecule has 0 aliphatic heterocycles. The maximum absolute atomic E-state index is 12.1. The number of ether oxygens (including phenoxy) is 1. The number of carbonyl (C=O) groups is 1. The normalized spacial score (nSPS) is 12.8. The van der Waals surface area contributed by atoms with E-state index in [2.05, 4.69) is 16.8 Å². The molecule has 1 amide bonds. The Bertz CT molecular complexity index is 923. The van der Waals surface area contributed by atoms with E-state index in [1.54, 1.807) is 0 Å². The second-order valence-corrected chi connectivity index (χ2v) is 7.75. The number of benzene rings is 2. The average Bonchev–Trinajstić information content (AvgIpc) is 2.98. The van der Waals surface area contributed by atoms with E-state index in [0.717, 1.165) is 27.2 Å². The van der Waals surface area contributed by atoms with Crippen molar-refractivity contribution in [1.29, 1.82) is 0 Å². The van der Waals surface area contributed by atoms with Gasteiger partial charge in [0.05, 0.1) is 17.2 Å². The molecule has 1 aromatic heterocycles. The third kappa shape index (κ3) is 4.02. The van der Waals surface area contributed by atoms with E-state index in [4.69, 9.17) is 16.3 Å². The first kappa shape index (κ1) is 18.3. The number of nitrogens with zero attached hydrogens (tertiary/aromatic N) is 1. The first-order valence-electron chi connectivity index (χ1n) is 8.59. The highest BCUT2D eigenvalue weighted by atomic mass is 35.5. The van der Waals surface area contributed by atoms with Crippen molar-refractivity contribution in [2.45, 2.75) is 39.3 Å². The quantitative estimate of drug-likeness (QED) is 0.592. The van der Waals surface area contributed by atoms with Gasteiger partial charge in [0.2, 0.25) is 0 Å². The predicted octanol–water partition coefficient (Wildman–Crippen LogP) is 6.25. The number of rotatable bonds is 3. The number of amides is 1. The summed E-state index contributed by atoms with van der Waals surface area (Å²) in [4.78, 5) is 12.1. The SMILES string of the molecule is CC(c1ccc(Cl)cc1)n1ccc2c(NC(=O)OC(C)(C)C)cccc21. The van der Waals surface area contributed by atoms with Crippen LogP contribution in [0.25, 0.3) is 10.9 Å². The fraction of sp³-hybridized carbons (Fsp3) is 0.286. The minimum atomic E-state index is -0.535. The van der Waals surface area contributed by atoms with Gasteiger partial charge in [-0.25, -0.2) is 4.79 Å². The van der Waals surface area contributed by atoms with Gasteiger partial charge in [0.25, 0.3) is 0 Å². The smallest absolute Gasteiger partial charge is 0.412 e. The first-order chi connectivity index (χ1) is 12.2. The number of hydrogen-bond acceptors (Lipinski definition) is 2. The zero-order valence-electron chi connectivity index (χ0n) is 15.4. The second kappa shape index (κ2) is 7.04. The van der Waals surface area contributed by atoms with Crippen molar-refractivity contribution in [3.8, 4) is 0 Å². The molecule has 0 aliphatic rings. The highest BCUT2D eigenvalue weighted by Crippen LogP contribution is 2.30. The van der Waals surface area contributed by atoms with Gasteiger partial charge in [-0.15, -0.1) is 0 Å². The van der Waals surface area contributed by atoms with Crippen LogP contribution in [0.15, 0.2) is 54.7 Å². The molecule has 0 saturated heterocycles. The first-order valence-corrected chi connectivity index (χ1v) is 8.97. The van der Waals surface area contributed by atoms with Crippen LogP contribution in [0.4, 0.5) is 10.5 Å². The lowest BCUT2D eigenvalue weighted by atomic mass is 10.1. The van der Waals surface area contributed by atoms with E-state index in [1.165, 1.54) is 0 Å². The summed E-state index contributed by atoms with van der Waals surface area (Å²) >= 11 is 5.99. The number of halogens is 1. The second-order valence-electron chi connectivity index (χ2n) is 7.32. The molecule has 0 saturated carbocycles. The maximum Gasteiger partial charge on any atom is 0.412 e. The van der Waals surface area contributed by atoms with Gasteiger partial charge in [-0.1, -0.05) is 29.8 Å². The Hall–Kier alpha value is -2.46. The highest BCUT2D eigenvalue weighted by molar-refractivity contribution is 6.30. The molecular formula is C21H23ClN2O2. The fourth-order valence-electron chi connectivity index (χ4n) is 2.95. The molecule has 0 spiro atoms. The van der Waals surface area contributed by atoms with Gasteiger partial charge in [0, 0.05) is 16.6 Å².